The molecule has 0 aliphatic carbocycles. The van der Waals surface area contributed by atoms with Crippen molar-refractivity contribution in [1.82, 2.24) is 9.80 Å². The standard InChI is InChI=1S/C12H22N2O3/c1-2-17-11(12(15)16)9-13-6-7-14-5-3-4-10(14)8-13/h10-11H,2-9H2,1H3,(H,15,16). The van der Waals surface area contributed by atoms with Crippen LogP contribution in [0.15, 0.2) is 0 Å². The molecule has 1 N–H and O–H groups in total. The van der Waals surface area contributed by atoms with Crippen LogP contribution < -0.4 is 0 Å². The molecule has 0 saturated carbocycles. The van der Waals surface area contributed by atoms with Gasteiger partial charge in [0.1, 0.15) is 0 Å². The second-order valence-corrected chi connectivity index (χ2v) is 4.87. The zero-order chi connectivity index (χ0) is 12.3. The molecule has 0 bridgehead atoms. The molecule has 0 amide bonds. The van der Waals surface area contributed by atoms with Gasteiger partial charge in [-0.05, 0) is 26.3 Å². The van der Waals surface area contributed by atoms with E-state index in [4.69, 9.17) is 9.84 Å². The molecule has 2 fully saturated rings. The van der Waals surface area contributed by atoms with Gasteiger partial charge >= 0.3 is 5.97 Å². The Hall–Kier alpha value is -0.650. The number of carboxylic acid groups (broad SMARTS) is 1. The average molecular weight is 242 g/mol. The first-order valence-electron chi connectivity index (χ1n) is 6.51. The fraction of sp³-hybridized carbons (Fsp3) is 0.917. The Morgan fingerprint density at radius 3 is 3.00 bits per heavy atom. The van der Waals surface area contributed by atoms with Crippen LogP contribution in [0, 0.1) is 0 Å². The van der Waals surface area contributed by atoms with Crippen LogP contribution in [0.25, 0.3) is 0 Å². The van der Waals surface area contributed by atoms with Crippen molar-refractivity contribution in [2.75, 3.05) is 39.3 Å². The van der Waals surface area contributed by atoms with Gasteiger partial charge in [-0.1, -0.05) is 0 Å². The van der Waals surface area contributed by atoms with Crippen LogP contribution in [0.5, 0.6) is 0 Å². The molecule has 2 aliphatic rings. The summed E-state index contributed by atoms with van der Waals surface area (Å²) in [7, 11) is 0. The first-order valence-corrected chi connectivity index (χ1v) is 6.51. The fourth-order valence-corrected chi connectivity index (χ4v) is 2.86. The molecule has 2 saturated heterocycles. The third-order valence-electron chi connectivity index (χ3n) is 3.74. The van der Waals surface area contributed by atoms with Gasteiger partial charge in [0.2, 0.25) is 0 Å². The lowest BCUT2D eigenvalue weighted by atomic mass is 10.1. The number of carbonyl (C=O) groups is 1. The van der Waals surface area contributed by atoms with Gasteiger partial charge in [0.15, 0.2) is 6.10 Å². The molecule has 2 atom stereocenters. The monoisotopic (exact) mass is 242 g/mol. The number of fused-ring (bicyclic) bond motifs is 1. The molecule has 0 aromatic carbocycles. The first-order chi connectivity index (χ1) is 8.20. The topological polar surface area (TPSA) is 53.0 Å². The van der Waals surface area contributed by atoms with Crippen LogP contribution in [0.1, 0.15) is 19.8 Å². The van der Waals surface area contributed by atoms with E-state index >= 15 is 0 Å². The van der Waals surface area contributed by atoms with Crippen molar-refractivity contribution in [3.8, 4) is 0 Å². The van der Waals surface area contributed by atoms with Crippen LogP contribution in [0.3, 0.4) is 0 Å². The maximum atomic E-state index is 11.0. The zero-order valence-electron chi connectivity index (χ0n) is 10.5. The summed E-state index contributed by atoms with van der Waals surface area (Å²) in [5, 5.41) is 9.06. The molecule has 2 aliphatic heterocycles. The summed E-state index contributed by atoms with van der Waals surface area (Å²) in [5.74, 6) is -0.847. The third-order valence-corrected chi connectivity index (χ3v) is 3.74. The molecule has 0 radical (unpaired) electrons. The smallest absolute Gasteiger partial charge is 0.334 e. The van der Waals surface area contributed by atoms with E-state index in [1.807, 2.05) is 6.92 Å². The Labute approximate surface area is 102 Å². The lowest BCUT2D eigenvalue weighted by Gasteiger charge is -2.38. The van der Waals surface area contributed by atoms with Crippen LogP contribution in [-0.2, 0) is 9.53 Å². The van der Waals surface area contributed by atoms with Gasteiger partial charge < -0.3 is 9.84 Å². The van der Waals surface area contributed by atoms with E-state index in [0.29, 0.717) is 19.2 Å². The number of aliphatic carboxylic acids is 1. The molecule has 5 heteroatoms. The van der Waals surface area contributed by atoms with Crippen molar-refractivity contribution < 1.29 is 14.6 Å². The summed E-state index contributed by atoms with van der Waals surface area (Å²) >= 11 is 0. The molecule has 2 heterocycles. The van der Waals surface area contributed by atoms with Crippen molar-refractivity contribution in [3.63, 3.8) is 0 Å². The van der Waals surface area contributed by atoms with E-state index in [0.717, 1.165) is 19.6 Å². The number of piperazine rings is 1. The summed E-state index contributed by atoms with van der Waals surface area (Å²) in [6, 6.07) is 0.639. The minimum atomic E-state index is -0.847. The maximum Gasteiger partial charge on any atom is 0.334 e. The van der Waals surface area contributed by atoms with Crippen molar-refractivity contribution in [2.24, 2.45) is 0 Å². The second-order valence-electron chi connectivity index (χ2n) is 4.87. The van der Waals surface area contributed by atoms with Gasteiger partial charge in [-0.2, -0.15) is 0 Å². The highest BCUT2D eigenvalue weighted by Gasteiger charge is 2.32. The van der Waals surface area contributed by atoms with E-state index in [1.165, 1.54) is 19.4 Å². The van der Waals surface area contributed by atoms with E-state index < -0.39 is 12.1 Å². The van der Waals surface area contributed by atoms with Gasteiger partial charge in [-0.3, -0.25) is 9.80 Å². The lowest BCUT2D eigenvalue weighted by molar-refractivity contribution is -0.151. The Kier molecular flexibility index (Phi) is 4.36. The van der Waals surface area contributed by atoms with E-state index in [9.17, 15) is 4.79 Å². The van der Waals surface area contributed by atoms with Gasteiger partial charge in [-0.15, -0.1) is 0 Å². The number of rotatable bonds is 5. The van der Waals surface area contributed by atoms with Crippen molar-refractivity contribution in [3.05, 3.63) is 0 Å². The fourth-order valence-electron chi connectivity index (χ4n) is 2.86. The van der Waals surface area contributed by atoms with Gasteiger partial charge in [0.05, 0.1) is 0 Å². The number of hydrogen-bond donors (Lipinski definition) is 1. The highest BCUT2D eigenvalue weighted by Crippen LogP contribution is 2.21. The summed E-state index contributed by atoms with van der Waals surface area (Å²) in [6.45, 7) is 7.07. The number of nitrogens with zero attached hydrogens (tertiary/aromatic N) is 2. The lowest BCUT2D eigenvalue weighted by Crippen LogP contribution is -2.52. The molecule has 98 valence electrons. The molecule has 2 unspecified atom stereocenters. The zero-order valence-corrected chi connectivity index (χ0v) is 10.5. The molecule has 17 heavy (non-hydrogen) atoms. The second kappa shape index (κ2) is 5.80. The van der Waals surface area contributed by atoms with E-state index in [1.54, 1.807) is 0 Å². The largest absolute Gasteiger partial charge is 0.479 e. The molecular formula is C12H22N2O3. The predicted molar refractivity (Wildman–Crippen MR) is 64.1 cm³/mol. The van der Waals surface area contributed by atoms with Crippen LogP contribution in [0.4, 0.5) is 0 Å². The number of ether oxygens (including phenoxy) is 1. The minimum absolute atomic E-state index is 0.459. The summed E-state index contributed by atoms with van der Waals surface area (Å²) in [6.07, 6.45) is 1.86. The van der Waals surface area contributed by atoms with Crippen LogP contribution >= 0.6 is 0 Å². The summed E-state index contributed by atoms with van der Waals surface area (Å²) in [5.41, 5.74) is 0. The van der Waals surface area contributed by atoms with Crippen molar-refractivity contribution >= 4 is 5.97 Å². The Morgan fingerprint density at radius 1 is 1.47 bits per heavy atom. The predicted octanol–water partition coefficient (Wildman–Crippen LogP) is 0.256. The minimum Gasteiger partial charge on any atom is -0.479 e. The summed E-state index contributed by atoms with van der Waals surface area (Å²) < 4.78 is 5.26. The third kappa shape index (κ3) is 3.18. The van der Waals surface area contributed by atoms with Crippen molar-refractivity contribution in [2.45, 2.75) is 31.9 Å². The normalized spacial score (nSPS) is 27.9. The van der Waals surface area contributed by atoms with Crippen molar-refractivity contribution in [1.29, 1.82) is 0 Å². The molecule has 5 nitrogen and oxygen atoms in total. The van der Waals surface area contributed by atoms with Gasteiger partial charge in [0.25, 0.3) is 0 Å². The van der Waals surface area contributed by atoms with Crippen LogP contribution in [-0.4, -0.2) is 72.4 Å². The maximum absolute atomic E-state index is 11.0. The molecule has 0 aromatic heterocycles. The SMILES string of the molecule is CCOC(CN1CCN2CCCC2C1)C(=O)O. The highest BCUT2D eigenvalue weighted by molar-refractivity contribution is 5.72. The highest BCUT2D eigenvalue weighted by atomic mass is 16.5. The average Bonchev–Trinajstić information content (AvgIpc) is 2.75. The Balaban J connectivity index is 1.83. The molecule has 2 rings (SSSR count). The summed E-state index contributed by atoms with van der Waals surface area (Å²) in [4.78, 5) is 15.8. The molecular weight excluding hydrogens is 220 g/mol. The first kappa shape index (κ1) is 12.8. The Morgan fingerprint density at radius 2 is 2.29 bits per heavy atom. The van der Waals surface area contributed by atoms with Gasteiger partial charge in [0, 0.05) is 38.8 Å². The van der Waals surface area contributed by atoms with E-state index in [2.05, 4.69) is 9.80 Å². The quantitative estimate of drug-likeness (QED) is 0.749. The number of hydrogen-bond acceptors (Lipinski definition) is 4. The van der Waals surface area contributed by atoms with E-state index in [-0.39, 0.29) is 0 Å². The van der Waals surface area contributed by atoms with Gasteiger partial charge in [-0.25, -0.2) is 4.79 Å². The van der Waals surface area contributed by atoms with Crippen LogP contribution in [0.2, 0.25) is 0 Å². The Bertz CT molecular complexity index is 272. The number of carboxylic acids is 1. The molecule has 0 aromatic rings. The molecule has 0 spiro atoms.